The van der Waals surface area contributed by atoms with Crippen LogP contribution in [0.3, 0.4) is 0 Å². The van der Waals surface area contributed by atoms with E-state index >= 15 is 0 Å². The van der Waals surface area contributed by atoms with Gasteiger partial charge in [-0.3, -0.25) is 0 Å². The summed E-state index contributed by atoms with van der Waals surface area (Å²) in [5, 5.41) is 1.53. The normalized spacial score (nSPS) is 19.2. The van der Waals surface area contributed by atoms with Crippen LogP contribution in [-0.4, -0.2) is 20.3 Å². The van der Waals surface area contributed by atoms with Gasteiger partial charge in [-0.2, -0.15) is 0 Å². The second kappa shape index (κ2) is 18.2. The van der Waals surface area contributed by atoms with Crippen molar-refractivity contribution in [2.45, 2.75) is 85.0 Å². The van der Waals surface area contributed by atoms with Crippen molar-refractivity contribution in [2.75, 3.05) is 14.7 Å². The van der Waals surface area contributed by atoms with Gasteiger partial charge < -0.3 is 14.7 Å². The summed E-state index contributed by atoms with van der Waals surface area (Å²) < 4.78 is 0. The molecule has 80 heavy (non-hydrogen) atoms. The smallest absolute Gasteiger partial charge is 0.252 e. The van der Waals surface area contributed by atoms with E-state index in [0.29, 0.717) is 0 Å². The van der Waals surface area contributed by atoms with E-state index in [4.69, 9.17) is 0 Å². The van der Waals surface area contributed by atoms with E-state index in [9.17, 15) is 0 Å². The van der Waals surface area contributed by atoms with Crippen LogP contribution in [0.15, 0.2) is 237 Å². The Morgan fingerprint density at radius 1 is 0.350 bits per heavy atom. The van der Waals surface area contributed by atoms with Crippen LogP contribution in [0, 0.1) is 10.8 Å². The molecule has 0 saturated heterocycles. The molecule has 3 aliphatic heterocycles. The largest absolute Gasteiger partial charge is 0.334 e. The summed E-state index contributed by atoms with van der Waals surface area (Å²) in [5.74, 6) is 0. The topological polar surface area (TPSA) is 9.72 Å². The van der Waals surface area contributed by atoms with E-state index in [1.807, 2.05) is 0 Å². The Kier molecular flexibility index (Phi) is 11.4. The molecule has 0 N–H and O–H groups in total. The van der Waals surface area contributed by atoms with Crippen molar-refractivity contribution in [3.63, 3.8) is 0 Å². The SMILES string of the molecule is CC1(C)CC2(C)c3cc([Si](C)(C)C)ccc3N(c3cc4c5c(c3)N(c3cccc(-c6ccccc6)c3)c3cc(-c6ccccc6)ccc3B5c3cc(-c5ccccc5)ccc3N4c3ccc(-c4ccccc4)cc3)C2(C)CC1(C)C. The van der Waals surface area contributed by atoms with Crippen LogP contribution in [0.4, 0.5) is 45.5 Å². The second-order valence-electron chi connectivity index (χ2n) is 26.2. The van der Waals surface area contributed by atoms with Crippen LogP contribution >= 0.6 is 0 Å². The van der Waals surface area contributed by atoms with Crippen LogP contribution in [0.1, 0.15) is 59.9 Å². The zero-order chi connectivity index (χ0) is 54.9. The quantitative estimate of drug-likeness (QED) is 0.140. The van der Waals surface area contributed by atoms with Crippen molar-refractivity contribution in [3.8, 4) is 44.5 Å². The zero-order valence-electron chi connectivity index (χ0n) is 47.8. The summed E-state index contributed by atoms with van der Waals surface area (Å²) in [7, 11) is -1.69. The standard InChI is InChI=1S/C75H70BN3Si/c1-72(2)49-74(5)63-48-62(80(7,8)9)39-42-66(63)79(75(74,6)50-73(72,3)4)61-46-69-71-70(47-61)78(60-32-22-31-56(43-60)52-25-16-11-17-26-52)68-45-58(54-29-20-13-21-30-54)35-40-64(68)76(71)65-44-57(53-27-18-12-19-28-53)36-41-67(65)77(69)59-37-33-55(34-38-59)51-23-14-10-15-24-51/h10-48H,49-50H2,1-9H3. The maximum Gasteiger partial charge on any atom is 0.252 e. The lowest BCUT2D eigenvalue weighted by Gasteiger charge is -2.61. The number of benzene rings is 10. The van der Waals surface area contributed by atoms with Crippen molar-refractivity contribution >= 4 is 81.9 Å². The summed E-state index contributed by atoms with van der Waals surface area (Å²) in [6.45, 7) is 22.8. The Hall–Kier alpha value is -8.12. The number of anilines is 8. The van der Waals surface area contributed by atoms with Gasteiger partial charge in [0.15, 0.2) is 0 Å². The highest BCUT2D eigenvalue weighted by Gasteiger charge is 2.65. The number of fused-ring (bicyclic) bond motifs is 7. The fourth-order valence-corrected chi connectivity index (χ4v) is 16.0. The highest BCUT2D eigenvalue weighted by Crippen LogP contribution is 2.68. The van der Waals surface area contributed by atoms with Gasteiger partial charge in [-0.05, 0) is 152 Å². The fraction of sp³-hybridized carbons (Fsp3) is 0.200. The molecule has 14 rings (SSSR count). The molecule has 0 radical (unpaired) electrons. The molecule has 1 fully saturated rings. The lowest BCUT2D eigenvalue weighted by Crippen LogP contribution is -2.63. The molecule has 5 heteroatoms. The molecule has 3 nitrogen and oxygen atoms in total. The van der Waals surface area contributed by atoms with Crippen molar-refractivity contribution in [2.24, 2.45) is 10.8 Å². The zero-order valence-corrected chi connectivity index (χ0v) is 48.8. The monoisotopic (exact) mass is 1050 g/mol. The highest BCUT2D eigenvalue weighted by atomic mass is 28.3. The predicted molar refractivity (Wildman–Crippen MR) is 346 cm³/mol. The summed E-state index contributed by atoms with van der Waals surface area (Å²) in [5.41, 5.74) is 24.5. The molecule has 0 bridgehead atoms. The van der Waals surface area contributed by atoms with Crippen molar-refractivity contribution < 1.29 is 0 Å². The Morgan fingerprint density at radius 3 is 1.41 bits per heavy atom. The van der Waals surface area contributed by atoms with Crippen LogP contribution in [0.5, 0.6) is 0 Å². The first kappa shape index (κ1) is 50.1. The third-order valence-electron chi connectivity index (χ3n) is 19.8. The van der Waals surface area contributed by atoms with Gasteiger partial charge in [-0.15, -0.1) is 0 Å². The number of hydrogen-bond acceptors (Lipinski definition) is 3. The van der Waals surface area contributed by atoms with Crippen LogP contribution in [-0.2, 0) is 5.41 Å². The van der Waals surface area contributed by atoms with Gasteiger partial charge in [0.05, 0.1) is 13.6 Å². The van der Waals surface area contributed by atoms with E-state index in [1.54, 1.807) is 0 Å². The van der Waals surface area contributed by atoms with Crippen molar-refractivity contribution in [1.82, 2.24) is 0 Å². The van der Waals surface area contributed by atoms with E-state index in [0.717, 1.165) is 24.2 Å². The molecule has 0 amide bonds. The molecule has 2 atom stereocenters. The Bertz CT molecular complexity index is 4040. The Labute approximate surface area is 476 Å². The maximum absolute atomic E-state index is 2.85. The van der Waals surface area contributed by atoms with Gasteiger partial charge in [0.25, 0.3) is 6.71 Å². The van der Waals surface area contributed by atoms with Crippen LogP contribution in [0.2, 0.25) is 19.6 Å². The lowest BCUT2D eigenvalue weighted by molar-refractivity contribution is -0.0311. The van der Waals surface area contributed by atoms with Crippen LogP contribution < -0.4 is 36.3 Å². The first-order chi connectivity index (χ1) is 38.5. The number of nitrogens with zero attached hydrogens (tertiary/aromatic N) is 3. The summed E-state index contributed by atoms with van der Waals surface area (Å²) in [4.78, 5) is 8.09. The molecule has 10 aromatic carbocycles. The van der Waals surface area contributed by atoms with Crippen molar-refractivity contribution in [1.29, 1.82) is 0 Å². The summed E-state index contributed by atoms with van der Waals surface area (Å²) in [6.07, 6.45) is 2.13. The molecular weight excluding hydrogens is 982 g/mol. The minimum absolute atomic E-state index is 0.0510. The number of rotatable bonds is 8. The third-order valence-corrected chi connectivity index (χ3v) is 21.8. The molecule has 4 aliphatic rings. The van der Waals surface area contributed by atoms with E-state index < -0.39 is 8.07 Å². The van der Waals surface area contributed by atoms with E-state index in [-0.39, 0.29) is 28.5 Å². The molecular formula is C75H70BN3Si. The van der Waals surface area contributed by atoms with Gasteiger partial charge in [0, 0.05) is 50.9 Å². The Balaban J connectivity index is 1.10. The van der Waals surface area contributed by atoms with Gasteiger partial charge >= 0.3 is 0 Å². The maximum atomic E-state index is 2.85. The highest BCUT2D eigenvalue weighted by molar-refractivity contribution is 7.00. The first-order valence-electron chi connectivity index (χ1n) is 28.9. The van der Waals surface area contributed by atoms with Gasteiger partial charge in [-0.1, -0.05) is 241 Å². The van der Waals surface area contributed by atoms with Gasteiger partial charge in [-0.25, -0.2) is 0 Å². The lowest BCUT2D eigenvalue weighted by atomic mass is 9.33. The molecule has 0 aromatic heterocycles. The van der Waals surface area contributed by atoms with E-state index in [1.165, 1.54) is 106 Å². The summed E-state index contributed by atoms with van der Waals surface area (Å²) in [6, 6.07) is 89.7. The number of hydrogen-bond donors (Lipinski definition) is 0. The molecule has 10 aromatic rings. The molecule has 392 valence electrons. The average Bonchev–Trinajstić information content (AvgIpc) is 3.70. The third kappa shape index (κ3) is 7.75. The Morgan fingerprint density at radius 2 is 0.825 bits per heavy atom. The van der Waals surface area contributed by atoms with Crippen LogP contribution in [0.25, 0.3) is 44.5 Å². The average molecular weight is 1050 g/mol. The molecule has 0 spiro atoms. The van der Waals surface area contributed by atoms with E-state index in [2.05, 4.69) is 312 Å². The minimum Gasteiger partial charge on any atom is -0.334 e. The molecule has 1 aliphatic carbocycles. The minimum atomic E-state index is -1.69. The summed E-state index contributed by atoms with van der Waals surface area (Å²) >= 11 is 0. The molecule has 2 unspecified atom stereocenters. The van der Waals surface area contributed by atoms with Gasteiger partial charge in [0.2, 0.25) is 0 Å². The predicted octanol–water partition coefficient (Wildman–Crippen LogP) is 18.0. The first-order valence-corrected chi connectivity index (χ1v) is 32.4. The van der Waals surface area contributed by atoms with Gasteiger partial charge in [0.1, 0.15) is 0 Å². The molecule has 1 saturated carbocycles. The van der Waals surface area contributed by atoms with Crippen molar-refractivity contribution in [3.05, 3.63) is 242 Å². The molecule has 3 heterocycles. The fourth-order valence-electron chi connectivity index (χ4n) is 14.8. The second-order valence-corrected chi connectivity index (χ2v) is 31.2.